The summed E-state index contributed by atoms with van der Waals surface area (Å²) in [4.78, 5) is 30.3. The fourth-order valence-corrected chi connectivity index (χ4v) is 3.25. The highest BCUT2D eigenvalue weighted by Gasteiger charge is 2.21. The average Bonchev–Trinajstić information content (AvgIpc) is 2.75. The van der Waals surface area contributed by atoms with Gasteiger partial charge in [0.25, 0.3) is 5.91 Å². The van der Waals surface area contributed by atoms with Gasteiger partial charge in [0.15, 0.2) is 0 Å². The summed E-state index contributed by atoms with van der Waals surface area (Å²) >= 11 is 0. The number of anilines is 3. The fourth-order valence-electron chi connectivity index (χ4n) is 3.25. The third-order valence-corrected chi connectivity index (χ3v) is 4.67. The highest BCUT2D eigenvalue weighted by atomic mass is 16.1. The van der Waals surface area contributed by atoms with Crippen molar-refractivity contribution in [3.05, 3.63) is 72.3 Å². The Hall–Kier alpha value is -3.48. The molecule has 1 amide bonds. The minimum atomic E-state index is -0.231. The van der Waals surface area contributed by atoms with Gasteiger partial charge in [0.1, 0.15) is 23.2 Å². The summed E-state index contributed by atoms with van der Waals surface area (Å²) in [5, 5.41) is 2.88. The first-order valence-electron chi connectivity index (χ1n) is 9.32. The lowest BCUT2D eigenvalue weighted by atomic mass is 10.2. The summed E-state index contributed by atoms with van der Waals surface area (Å²) in [6.07, 6.45) is 1.81. The van der Waals surface area contributed by atoms with Gasteiger partial charge in [0.2, 0.25) is 0 Å². The SMILES string of the molecule is Cc1nc(C(=O)Nc2ccccc2)cc(N2CCN(c3ccccn3)CC2)n1. The van der Waals surface area contributed by atoms with E-state index in [4.69, 9.17) is 0 Å². The van der Waals surface area contributed by atoms with Crippen molar-refractivity contribution in [3.63, 3.8) is 0 Å². The summed E-state index contributed by atoms with van der Waals surface area (Å²) in [7, 11) is 0. The molecule has 1 aliphatic rings. The second kappa shape index (κ2) is 8.04. The number of benzene rings is 1. The number of pyridine rings is 1. The molecule has 2 aromatic heterocycles. The molecule has 0 bridgehead atoms. The van der Waals surface area contributed by atoms with Gasteiger partial charge < -0.3 is 15.1 Å². The maximum atomic E-state index is 12.6. The average molecular weight is 374 g/mol. The third-order valence-electron chi connectivity index (χ3n) is 4.67. The number of nitrogens with zero attached hydrogens (tertiary/aromatic N) is 5. The Morgan fingerprint density at radius 2 is 1.57 bits per heavy atom. The van der Waals surface area contributed by atoms with E-state index in [1.165, 1.54) is 0 Å². The topological polar surface area (TPSA) is 74.2 Å². The molecule has 1 aliphatic heterocycles. The van der Waals surface area contributed by atoms with Crippen LogP contribution < -0.4 is 15.1 Å². The van der Waals surface area contributed by atoms with E-state index in [1.807, 2.05) is 61.7 Å². The maximum Gasteiger partial charge on any atom is 0.274 e. The Morgan fingerprint density at radius 3 is 2.25 bits per heavy atom. The fraction of sp³-hybridized carbons (Fsp3) is 0.238. The van der Waals surface area contributed by atoms with Gasteiger partial charge in [0.05, 0.1) is 0 Å². The minimum Gasteiger partial charge on any atom is -0.353 e. The summed E-state index contributed by atoms with van der Waals surface area (Å²) in [6.45, 7) is 5.14. The molecule has 1 fully saturated rings. The van der Waals surface area contributed by atoms with E-state index >= 15 is 0 Å². The molecule has 7 nitrogen and oxygen atoms in total. The Morgan fingerprint density at radius 1 is 0.893 bits per heavy atom. The molecule has 1 aromatic carbocycles. The van der Waals surface area contributed by atoms with Crippen LogP contribution >= 0.6 is 0 Å². The lowest BCUT2D eigenvalue weighted by Crippen LogP contribution is -2.47. The van der Waals surface area contributed by atoms with E-state index in [2.05, 4.69) is 30.1 Å². The van der Waals surface area contributed by atoms with Crippen LogP contribution in [0, 0.1) is 6.92 Å². The second-order valence-corrected chi connectivity index (χ2v) is 6.64. The molecule has 0 spiro atoms. The number of carbonyl (C=O) groups excluding carboxylic acids is 1. The van der Waals surface area contributed by atoms with Crippen molar-refractivity contribution in [1.29, 1.82) is 0 Å². The molecule has 0 atom stereocenters. The van der Waals surface area contributed by atoms with Gasteiger partial charge in [-0.3, -0.25) is 4.79 Å². The van der Waals surface area contributed by atoms with Crippen molar-refractivity contribution in [3.8, 4) is 0 Å². The number of amides is 1. The van der Waals surface area contributed by atoms with Crippen molar-refractivity contribution in [2.45, 2.75) is 6.92 Å². The van der Waals surface area contributed by atoms with Crippen molar-refractivity contribution in [1.82, 2.24) is 15.0 Å². The van der Waals surface area contributed by atoms with Crippen LogP contribution in [0.15, 0.2) is 60.8 Å². The lowest BCUT2D eigenvalue weighted by molar-refractivity contribution is 0.102. The van der Waals surface area contributed by atoms with Crippen LogP contribution in [0.3, 0.4) is 0 Å². The van der Waals surface area contributed by atoms with Gasteiger partial charge in [-0.2, -0.15) is 0 Å². The largest absolute Gasteiger partial charge is 0.353 e. The Labute approximate surface area is 164 Å². The van der Waals surface area contributed by atoms with Crippen molar-refractivity contribution in [2.24, 2.45) is 0 Å². The van der Waals surface area contributed by atoms with E-state index in [-0.39, 0.29) is 5.91 Å². The van der Waals surface area contributed by atoms with Gasteiger partial charge in [-0.05, 0) is 31.2 Å². The summed E-state index contributed by atoms with van der Waals surface area (Å²) in [6, 6.07) is 17.1. The second-order valence-electron chi connectivity index (χ2n) is 6.64. The van der Waals surface area contributed by atoms with E-state index in [0.717, 1.165) is 43.5 Å². The number of hydrogen-bond donors (Lipinski definition) is 1. The minimum absolute atomic E-state index is 0.231. The van der Waals surface area contributed by atoms with E-state index < -0.39 is 0 Å². The molecule has 4 rings (SSSR count). The first-order valence-corrected chi connectivity index (χ1v) is 9.32. The van der Waals surface area contributed by atoms with Crippen molar-refractivity contribution >= 4 is 23.2 Å². The normalized spacial score (nSPS) is 14.0. The number of aromatic nitrogens is 3. The zero-order chi connectivity index (χ0) is 19.3. The molecule has 0 saturated carbocycles. The van der Waals surface area contributed by atoms with Gasteiger partial charge in [0, 0.05) is 44.1 Å². The summed E-state index contributed by atoms with van der Waals surface area (Å²) < 4.78 is 0. The lowest BCUT2D eigenvalue weighted by Gasteiger charge is -2.36. The van der Waals surface area contributed by atoms with E-state index in [0.29, 0.717) is 11.5 Å². The molecular weight excluding hydrogens is 352 g/mol. The first kappa shape index (κ1) is 17.9. The van der Waals surface area contributed by atoms with Crippen LogP contribution in [0.5, 0.6) is 0 Å². The zero-order valence-corrected chi connectivity index (χ0v) is 15.7. The number of rotatable bonds is 4. The number of carbonyl (C=O) groups is 1. The number of hydrogen-bond acceptors (Lipinski definition) is 6. The summed E-state index contributed by atoms with van der Waals surface area (Å²) in [5.74, 6) is 2.13. The Bertz CT molecular complexity index is 940. The van der Waals surface area contributed by atoms with Crippen LogP contribution in [0.1, 0.15) is 16.3 Å². The molecule has 1 saturated heterocycles. The number of piperazine rings is 1. The van der Waals surface area contributed by atoms with Crippen LogP contribution in [-0.4, -0.2) is 47.0 Å². The molecule has 142 valence electrons. The van der Waals surface area contributed by atoms with Crippen LogP contribution in [-0.2, 0) is 0 Å². The smallest absolute Gasteiger partial charge is 0.274 e. The predicted octanol–water partition coefficient (Wildman–Crippen LogP) is 2.76. The highest BCUT2D eigenvalue weighted by Crippen LogP contribution is 2.19. The predicted molar refractivity (Wildman–Crippen MR) is 110 cm³/mol. The molecule has 0 aliphatic carbocycles. The van der Waals surface area contributed by atoms with E-state index in [1.54, 1.807) is 6.07 Å². The van der Waals surface area contributed by atoms with Gasteiger partial charge in [-0.25, -0.2) is 15.0 Å². The van der Waals surface area contributed by atoms with Gasteiger partial charge in [-0.15, -0.1) is 0 Å². The molecule has 0 unspecified atom stereocenters. The summed E-state index contributed by atoms with van der Waals surface area (Å²) in [5.41, 5.74) is 1.12. The van der Waals surface area contributed by atoms with Crippen LogP contribution in [0.2, 0.25) is 0 Å². The number of aryl methyl sites for hydroxylation is 1. The Kier molecular flexibility index (Phi) is 5.14. The highest BCUT2D eigenvalue weighted by molar-refractivity contribution is 6.03. The third kappa shape index (κ3) is 4.09. The molecule has 3 aromatic rings. The standard InChI is InChI=1S/C21H22N6O/c1-16-23-18(21(28)25-17-7-3-2-4-8-17)15-20(24-16)27-13-11-26(12-14-27)19-9-5-6-10-22-19/h2-10,15H,11-14H2,1H3,(H,25,28). The number of para-hydroxylation sites is 1. The molecule has 1 N–H and O–H groups in total. The van der Waals surface area contributed by atoms with Crippen LogP contribution in [0.25, 0.3) is 0 Å². The molecular formula is C21H22N6O. The van der Waals surface area contributed by atoms with Crippen molar-refractivity contribution < 1.29 is 4.79 Å². The van der Waals surface area contributed by atoms with Gasteiger partial charge in [-0.1, -0.05) is 24.3 Å². The number of nitrogens with one attached hydrogen (secondary N) is 1. The molecule has 28 heavy (non-hydrogen) atoms. The molecule has 0 radical (unpaired) electrons. The first-order chi connectivity index (χ1) is 13.7. The monoisotopic (exact) mass is 374 g/mol. The van der Waals surface area contributed by atoms with Crippen molar-refractivity contribution in [2.75, 3.05) is 41.3 Å². The molecule has 7 heteroatoms. The van der Waals surface area contributed by atoms with E-state index in [9.17, 15) is 4.79 Å². The molecule has 3 heterocycles. The maximum absolute atomic E-state index is 12.6. The Balaban J connectivity index is 1.46. The zero-order valence-electron chi connectivity index (χ0n) is 15.7. The van der Waals surface area contributed by atoms with Gasteiger partial charge >= 0.3 is 0 Å². The quantitative estimate of drug-likeness (QED) is 0.757. The van der Waals surface area contributed by atoms with Crippen LogP contribution in [0.4, 0.5) is 17.3 Å².